The molecule has 0 fully saturated rings. The maximum atomic E-state index is 13.4. The molecule has 1 aromatic carbocycles. The molecule has 2 rings (SSSR count). The van der Waals surface area contributed by atoms with Gasteiger partial charge in [0.25, 0.3) is 0 Å². The highest BCUT2D eigenvalue weighted by atomic mass is 19.1. The van der Waals surface area contributed by atoms with Crippen molar-refractivity contribution in [3.8, 4) is 6.07 Å². The molecule has 0 radical (unpaired) electrons. The van der Waals surface area contributed by atoms with Crippen LogP contribution in [0.1, 0.15) is 5.56 Å². The van der Waals surface area contributed by atoms with Gasteiger partial charge in [-0.05, 0) is 18.2 Å². The van der Waals surface area contributed by atoms with E-state index in [1.165, 1.54) is 18.3 Å². The Labute approximate surface area is 102 Å². The summed E-state index contributed by atoms with van der Waals surface area (Å²) in [6, 6.07) is 6.72. The third-order valence-corrected chi connectivity index (χ3v) is 2.25. The maximum Gasteiger partial charge on any atom is 0.153 e. The molecule has 4 nitrogen and oxygen atoms in total. The molecule has 0 bridgehead atoms. The highest BCUT2D eigenvalue weighted by Crippen LogP contribution is 2.25. The molecule has 90 valence electrons. The Morgan fingerprint density at radius 3 is 2.50 bits per heavy atom. The van der Waals surface area contributed by atoms with E-state index in [4.69, 9.17) is 11.0 Å². The normalized spacial score (nSPS) is 9.83. The van der Waals surface area contributed by atoms with E-state index >= 15 is 0 Å². The first-order valence-electron chi connectivity index (χ1n) is 4.98. The van der Waals surface area contributed by atoms with Crippen LogP contribution < -0.4 is 11.1 Å². The second-order valence-electron chi connectivity index (χ2n) is 3.50. The average molecular weight is 246 g/mol. The number of aromatic nitrogens is 1. The Balaban J connectivity index is 2.38. The van der Waals surface area contributed by atoms with E-state index in [0.29, 0.717) is 0 Å². The highest BCUT2D eigenvalue weighted by molar-refractivity contribution is 5.70. The van der Waals surface area contributed by atoms with Gasteiger partial charge in [0.1, 0.15) is 23.4 Å². The van der Waals surface area contributed by atoms with Gasteiger partial charge in [0.2, 0.25) is 0 Å². The summed E-state index contributed by atoms with van der Waals surface area (Å²) < 4.78 is 26.8. The fourth-order valence-electron chi connectivity index (χ4n) is 1.38. The molecule has 2 aromatic rings. The standard InChI is InChI=1S/C12H8F2N4/c13-8-2-1-3-9(14)11(8)18-12-10(16)4-7(5-15)6-17-12/h1-4,6H,16H2,(H,17,18). The molecule has 3 N–H and O–H groups in total. The molecule has 0 unspecified atom stereocenters. The molecule has 1 heterocycles. The molecule has 0 saturated carbocycles. The van der Waals surface area contributed by atoms with Crippen molar-refractivity contribution in [1.29, 1.82) is 5.26 Å². The molecule has 1 aromatic heterocycles. The van der Waals surface area contributed by atoms with Gasteiger partial charge in [-0.25, -0.2) is 13.8 Å². The highest BCUT2D eigenvalue weighted by Gasteiger charge is 2.11. The smallest absolute Gasteiger partial charge is 0.153 e. The third-order valence-electron chi connectivity index (χ3n) is 2.25. The Bertz CT molecular complexity index is 614. The number of hydrogen-bond donors (Lipinski definition) is 2. The molecule has 6 heteroatoms. The minimum atomic E-state index is -0.749. The largest absolute Gasteiger partial charge is 0.396 e. The zero-order chi connectivity index (χ0) is 13.1. The summed E-state index contributed by atoms with van der Waals surface area (Å²) in [6.07, 6.45) is 1.26. The SMILES string of the molecule is N#Cc1cnc(Nc2c(F)cccc2F)c(N)c1. The van der Waals surface area contributed by atoms with Crippen LogP contribution in [0.4, 0.5) is 26.0 Å². The summed E-state index contributed by atoms with van der Waals surface area (Å²) >= 11 is 0. The van der Waals surface area contributed by atoms with Crippen LogP contribution in [-0.4, -0.2) is 4.98 Å². The van der Waals surface area contributed by atoms with Crippen molar-refractivity contribution in [2.75, 3.05) is 11.1 Å². The van der Waals surface area contributed by atoms with E-state index < -0.39 is 11.6 Å². The lowest BCUT2D eigenvalue weighted by Gasteiger charge is -2.09. The van der Waals surface area contributed by atoms with E-state index in [-0.39, 0.29) is 22.8 Å². The van der Waals surface area contributed by atoms with Crippen LogP contribution in [0.2, 0.25) is 0 Å². The lowest BCUT2D eigenvalue weighted by molar-refractivity contribution is 0.590. The van der Waals surface area contributed by atoms with E-state index in [1.807, 2.05) is 6.07 Å². The molecule has 0 aliphatic carbocycles. The number of benzene rings is 1. The molecule has 0 saturated heterocycles. The molecule has 0 amide bonds. The number of rotatable bonds is 2. The fourth-order valence-corrected chi connectivity index (χ4v) is 1.38. The Morgan fingerprint density at radius 1 is 1.28 bits per heavy atom. The summed E-state index contributed by atoms with van der Waals surface area (Å²) in [5, 5.41) is 11.1. The predicted octanol–water partition coefficient (Wildman–Crippen LogP) is 2.56. The maximum absolute atomic E-state index is 13.4. The summed E-state index contributed by atoms with van der Waals surface area (Å²) in [6.45, 7) is 0. The topological polar surface area (TPSA) is 74.7 Å². The molecular weight excluding hydrogens is 238 g/mol. The van der Waals surface area contributed by atoms with Crippen LogP contribution in [0.5, 0.6) is 0 Å². The molecular formula is C12H8F2N4. The Hall–Kier alpha value is -2.68. The number of nitrogens with zero attached hydrogens (tertiary/aromatic N) is 2. The fraction of sp³-hybridized carbons (Fsp3) is 0. The van der Waals surface area contributed by atoms with Crippen molar-refractivity contribution in [2.24, 2.45) is 0 Å². The van der Waals surface area contributed by atoms with Gasteiger partial charge in [-0.15, -0.1) is 0 Å². The zero-order valence-electron chi connectivity index (χ0n) is 9.11. The quantitative estimate of drug-likeness (QED) is 0.853. The summed E-state index contributed by atoms with van der Waals surface area (Å²) in [7, 11) is 0. The van der Waals surface area contributed by atoms with E-state index in [9.17, 15) is 8.78 Å². The number of para-hydroxylation sites is 1. The third kappa shape index (κ3) is 2.20. The number of anilines is 3. The monoisotopic (exact) mass is 246 g/mol. The predicted molar refractivity (Wildman–Crippen MR) is 63.0 cm³/mol. The van der Waals surface area contributed by atoms with Crippen LogP contribution in [-0.2, 0) is 0 Å². The second-order valence-corrected chi connectivity index (χ2v) is 3.50. The van der Waals surface area contributed by atoms with E-state index in [0.717, 1.165) is 12.1 Å². The Morgan fingerprint density at radius 2 is 1.94 bits per heavy atom. The lowest BCUT2D eigenvalue weighted by Crippen LogP contribution is -2.03. The first-order valence-corrected chi connectivity index (χ1v) is 4.98. The van der Waals surface area contributed by atoms with Crippen molar-refractivity contribution in [3.63, 3.8) is 0 Å². The Kier molecular flexibility index (Phi) is 3.06. The van der Waals surface area contributed by atoms with Gasteiger partial charge in [0.15, 0.2) is 5.82 Å². The van der Waals surface area contributed by atoms with Gasteiger partial charge >= 0.3 is 0 Å². The van der Waals surface area contributed by atoms with Crippen LogP contribution in [0.15, 0.2) is 30.5 Å². The lowest BCUT2D eigenvalue weighted by atomic mass is 10.2. The summed E-state index contributed by atoms with van der Waals surface area (Å²) in [5.41, 5.74) is 5.70. The second kappa shape index (κ2) is 4.67. The number of halogens is 2. The minimum absolute atomic E-state index is 0.0954. The number of hydrogen-bond acceptors (Lipinski definition) is 4. The molecule has 0 aliphatic heterocycles. The van der Waals surface area contributed by atoms with Gasteiger partial charge in [0.05, 0.1) is 11.3 Å². The van der Waals surface area contributed by atoms with Crippen molar-refractivity contribution in [3.05, 3.63) is 47.7 Å². The van der Waals surface area contributed by atoms with E-state index in [1.54, 1.807) is 0 Å². The first kappa shape index (κ1) is 11.8. The summed E-state index contributed by atoms with van der Waals surface area (Å²) in [5.74, 6) is -1.40. The zero-order valence-corrected chi connectivity index (χ0v) is 9.11. The molecule has 0 aliphatic rings. The average Bonchev–Trinajstić information content (AvgIpc) is 2.35. The minimum Gasteiger partial charge on any atom is -0.396 e. The number of nitrogen functional groups attached to an aromatic ring is 1. The number of pyridine rings is 1. The van der Waals surface area contributed by atoms with Gasteiger partial charge < -0.3 is 11.1 Å². The van der Waals surface area contributed by atoms with Gasteiger partial charge in [0, 0.05) is 6.20 Å². The molecule has 0 atom stereocenters. The molecule has 0 spiro atoms. The first-order chi connectivity index (χ1) is 8.61. The van der Waals surface area contributed by atoms with Gasteiger partial charge in [-0.1, -0.05) is 6.07 Å². The van der Waals surface area contributed by atoms with Crippen molar-refractivity contribution in [2.45, 2.75) is 0 Å². The van der Waals surface area contributed by atoms with Crippen molar-refractivity contribution in [1.82, 2.24) is 4.98 Å². The van der Waals surface area contributed by atoms with Crippen LogP contribution >= 0.6 is 0 Å². The van der Waals surface area contributed by atoms with Gasteiger partial charge in [-0.3, -0.25) is 0 Å². The number of nitriles is 1. The van der Waals surface area contributed by atoms with Crippen LogP contribution in [0, 0.1) is 23.0 Å². The van der Waals surface area contributed by atoms with Crippen LogP contribution in [0.3, 0.4) is 0 Å². The van der Waals surface area contributed by atoms with Gasteiger partial charge in [-0.2, -0.15) is 5.26 Å². The number of nitrogens with one attached hydrogen (secondary N) is 1. The van der Waals surface area contributed by atoms with Crippen molar-refractivity contribution < 1.29 is 8.78 Å². The van der Waals surface area contributed by atoms with E-state index in [2.05, 4.69) is 10.3 Å². The molecule has 18 heavy (non-hydrogen) atoms. The summed E-state index contributed by atoms with van der Waals surface area (Å²) in [4.78, 5) is 3.83. The van der Waals surface area contributed by atoms with Crippen molar-refractivity contribution >= 4 is 17.2 Å². The number of nitrogens with two attached hydrogens (primary N) is 1. The van der Waals surface area contributed by atoms with Crippen LogP contribution in [0.25, 0.3) is 0 Å².